The van der Waals surface area contributed by atoms with Crippen molar-refractivity contribution in [2.24, 2.45) is 0 Å². The molecular weight excluding hydrogens is 284 g/mol. The van der Waals surface area contributed by atoms with Crippen LogP contribution in [-0.2, 0) is 6.54 Å². The van der Waals surface area contributed by atoms with Crippen molar-refractivity contribution in [2.45, 2.75) is 26.3 Å². The first kappa shape index (κ1) is 15.6. The summed E-state index contributed by atoms with van der Waals surface area (Å²) in [6.07, 6.45) is 3.23. The van der Waals surface area contributed by atoms with Crippen molar-refractivity contribution in [3.63, 3.8) is 0 Å². The normalized spacial score (nSPS) is 10.6. The van der Waals surface area contributed by atoms with Gasteiger partial charge in [-0.1, -0.05) is 13.3 Å². The second-order valence-electron chi connectivity index (χ2n) is 5.03. The fraction of sp³-hybridized carbons (Fsp3) is 0.250. The van der Waals surface area contributed by atoms with Crippen LogP contribution in [0.15, 0.2) is 35.3 Å². The largest absolute Gasteiger partial charge is 0.506 e. The van der Waals surface area contributed by atoms with Crippen LogP contribution in [0.3, 0.4) is 0 Å². The van der Waals surface area contributed by atoms with Crippen molar-refractivity contribution in [3.05, 3.63) is 51.9 Å². The van der Waals surface area contributed by atoms with E-state index in [2.05, 4.69) is 0 Å². The lowest BCUT2D eigenvalue weighted by molar-refractivity contribution is 0.103. The van der Waals surface area contributed by atoms with Crippen LogP contribution >= 0.6 is 0 Å². The molecule has 0 saturated carbocycles. The Balaban J connectivity index is 2.42. The molecule has 2 rings (SSSR count). The van der Waals surface area contributed by atoms with E-state index in [9.17, 15) is 19.8 Å². The van der Waals surface area contributed by atoms with Gasteiger partial charge in [0.05, 0.1) is 5.56 Å². The van der Waals surface area contributed by atoms with E-state index >= 15 is 0 Å². The number of nitrogen functional groups attached to an aromatic ring is 1. The van der Waals surface area contributed by atoms with Crippen LogP contribution in [0.25, 0.3) is 0 Å². The molecule has 0 fully saturated rings. The van der Waals surface area contributed by atoms with Gasteiger partial charge in [-0.25, -0.2) is 0 Å². The average molecular weight is 302 g/mol. The lowest BCUT2D eigenvalue weighted by Gasteiger charge is -2.10. The summed E-state index contributed by atoms with van der Waals surface area (Å²) in [6.45, 7) is 2.54. The molecule has 6 nitrogen and oxygen atoms in total. The lowest BCUT2D eigenvalue weighted by Crippen LogP contribution is -2.20. The summed E-state index contributed by atoms with van der Waals surface area (Å²) in [5.74, 6) is -1.22. The van der Waals surface area contributed by atoms with E-state index in [4.69, 9.17) is 5.73 Å². The van der Waals surface area contributed by atoms with E-state index in [1.165, 1.54) is 35.0 Å². The Kier molecular flexibility index (Phi) is 4.50. The number of aryl methyl sites for hydroxylation is 1. The molecule has 0 spiro atoms. The van der Waals surface area contributed by atoms with Gasteiger partial charge in [0.2, 0.25) is 0 Å². The number of carbonyl (C=O) groups excluding carboxylic acids is 1. The maximum atomic E-state index is 12.5. The second-order valence-corrected chi connectivity index (χ2v) is 5.03. The minimum absolute atomic E-state index is 0.0176. The zero-order valence-electron chi connectivity index (χ0n) is 12.2. The molecule has 0 aliphatic heterocycles. The third kappa shape index (κ3) is 2.95. The van der Waals surface area contributed by atoms with Gasteiger partial charge in [-0.3, -0.25) is 9.59 Å². The predicted molar refractivity (Wildman–Crippen MR) is 83.2 cm³/mol. The highest BCUT2D eigenvalue weighted by Gasteiger charge is 2.18. The number of hydrogen-bond donors (Lipinski definition) is 3. The molecule has 1 aromatic heterocycles. The van der Waals surface area contributed by atoms with Crippen molar-refractivity contribution in [2.75, 3.05) is 5.73 Å². The molecule has 4 N–H and O–H groups in total. The SMILES string of the molecule is CCCCn1cc(C(=O)c2ccc(O)c(N)c2O)ccc1=O. The van der Waals surface area contributed by atoms with Gasteiger partial charge >= 0.3 is 0 Å². The Morgan fingerprint density at radius 3 is 2.64 bits per heavy atom. The fourth-order valence-electron chi connectivity index (χ4n) is 2.10. The van der Waals surface area contributed by atoms with E-state index in [-0.39, 0.29) is 28.1 Å². The molecule has 1 aromatic carbocycles. The maximum Gasteiger partial charge on any atom is 0.250 e. The molecule has 2 aromatic rings. The van der Waals surface area contributed by atoms with Crippen LogP contribution in [0.1, 0.15) is 35.7 Å². The Morgan fingerprint density at radius 1 is 1.23 bits per heavy atom. The molecule has 6 heteroatoms. The van der Waals surface area contributed by atoms with Crippen LogP contribution in [0, 0.1) is 0 Å². The summed E-state index contributed by atoms with van der Waals surface area (Å²) in [6, 6.07) is 5.28. The molecule has 0 unspecified atom stereocenters. The van der Waals surface area contributed by atoms with Crippen LogP contribution in [0.4, 0.5) is 5.69 Å². The number of phenolic OH excluding ortho intramolecular Hbond substituents is 2. The average Bonchev–Trinajstić information content (AvgIpc) is 2.51. The number of carbonyl (C=O) groups is 1. The van der Waals surface area contributed by atoms with Crippen molar-refractivity contribution >= 4 is 11.5 Å². The number of hydrogen-bond acceptors (Lipinski definition) is 5. The highest BCUT2D eigenvalue weighted by atomic mass is 16.3. The van der Waals surface area contributed by atoms with Crippen LogP contribution in [0.5, 0.6) is 11.5 Å². The second kappa shape index (κ2) is 6.34. The third-order valence-corrected chi connectivity index (χ3v) is 3.44. The maximum absolute atomic E-state index is 12.5. The molecule has 1 heterocycles. The molecule has 116 valence electrons. The van der Waals surface area contributed by atoms with Gasteiger partial charge < -0.3 is 20.5 Å². The van der Waals surface area contributed by atoms with Crippen LogP contribution < -0.4 is 11.3 Å². The molecule has 22 heavy (non-hydrogen) atoms. The Labute approximate surface area is 127 Å². The van der Waals surface area contributed by atoms with Crippen molar-refractivity contribution in [1.82, 2.24) is 4.57 Å². The number of rotatable bonds is 5. The summed E-state index contributed by atoms with van der Waals surface area (Å²) < 4.78 is 1.47. The number of aromatic hydroxyl groups is 2. The minimum Gasteiger partial charge on any atom is -0.506 e. The zero-order valence-corrected chi connectivity index (χ0v) is 12.2. The minimum atomic E-state index is -0.463. The number of ketones is 1. The molecule has 0 bridgehead atoms. The summed E-state index contributed by atoms with van der Waals surface area (Å²) in [7, 11) is 0. The van der Waals surface area contributed by atoms with Gasteiger partial charge in [0.1, 0.15) is 11.4 Å². The molecule has 0 amide bonds. The standard InChI is InChI=1S/C16H18N2O4/c1-2-3-8-18-9-10(4-7-13(18)20)15(21)11-5-6-12(19)14(17)16(11)22/h4-7,9,19,22H,2-3,8,17H2,1H3. The number of anilines is 1. The van der Waals surface area contributed by atoms with Crippen LogP contribution in [0.2, 0.25) is 0 Å². The number of benzene rings is 1. The Morgan fingerprint density at radius 2 is 1.95 bits per heavy atom. The quantitative estimate of drug-likeness (QED) is 0.444. The fourth-order valence-corrected chi connectivity index (χ4v) is 2.10. The lowest BCUT2D eigenvalue weighted by atomic mass is 10.0. The zero-order chi connectivity index (χ0) is 16.3. The van der Waals surface area contributed by atoms with E-state index in [0.717, 1.165) is 12.8 Å². The van der Waals surface area contributed by atoms with E-state index in [0.29, 0.717) is 6.54 Å². The summed E-state index contributed by atoms with van der Waals surface area (Å²) in [4.78, 5) is 24.2. The first-order valence-corrected chi connectivity index (χ1v) is 7.01. The molecule has 0 aliphatic carbocycles. The highest BCUT2D eigenvalue weighted by molar-refractivity contribution is 6.11. The van der Waals surface area contributed by atoms with Gasteiger partial charge in [0.15, 0.2) is 11.5 Å². The molecule has 0 radical (unpaired) electrons. The van der Waals surface area contributed by atoms with Gasteiger partial charge in [-0.05, 0) is 24.6 Å². The highest BCUT2D eigenvalue weighted by Crippen LogP contribution is 2.34. The van der Waals surface area contributed by atoms with E-state index < -0.39 is 11.5 Å². The molecule has 0 saturated heterocycles. The predicted octanol–water partition coefficient (Wildman–Crippen LogP) is 1.87. The molecule has 0 atom stereocenters. The number of nitrogens with two attached hydrogens (primary N) is 1. The van der Waals surface area contributed by atoms with E-state index in [1.54, 1.807) is 0 Å². The first-order chi connectivity index (χ1) is 10.5. The summed E-state index contributed by atoms with van der Waals surface area (Å²) in [5, 5.41) is 19.3. The van der Waals surface area contributed by atoms with Crippen molar-refractivity contribution in [1.29, 1.82) is 0 Å². The molecular formula is C16H18N2O4. The van der Waals surface area contributed by atoms with Crippen molar-refractivity contribution < 1.29 is 15.0 Å². The van der Waals surface area contributed by atoms with Gasteiger partial charge in [-0.2, -0.15) is 0 Å². The van der Waals surface area contributed by atoms with Gasteiger partial charge in [0.25, 0.3) is 5.56 Å². The number of nitrogens with zero attached hydrogens (tertiary/aromatic N) is 1. The monoisotopic (exact) mass is 302 g/mol. The number of unbranched alkanes of at least 4 members (excludes halogenated alkanes) is 1. The van der Waals surface area contributed by atoms with Gasteiger partial charge in [-0.15, -0.1) is 0 Å². The number of phenols is 2. The first-order valence-electron chi connectivity index (χ1n) is 7.01. The number of pyridine rings is 1. The summed E-state index contributed by atoms with van der Waals surface area (Å²) >= 11 is 0. The molecule has 0 aliphatic rings. The Bertz CT molecular complexity index is 765. The smallest absolute Gasteiger partial charge is 0.250 e. The summed E-state index contributed by atoms with van der Waals surface area (Å²) in [5.41, 5.74) is 5.34. The topological polar surface area (TPSA) is 106 Å². The van der Waals surface area contributed by atoms with E-state index in [1.807, 2.05) is 6.92 Å². The van der Waals surface area contributed by atoms with Gasteiger partial charge in [0, 0.05) is 24.4 Å². The van der Waals surface area contributed by atoms with Crippen LogP contribution in [-0.4, -0.2) is 20.6 Å². The third-order valence-electron chi connectivity index (χ3n) is 3.44. The Hall–Kier alpha value is -2.76. The van der Waals surface area contributed by atoms with Crippen molar-refractivity contribution in [3.8, 4) is 11.5 Å². The number of aromatic nitrogens is 1.